The maximum absolute atomic E-state index is 12.7. The van der Waals surface area contributed by atoms with Crippen molar-refractivity contribution in [3.8, 4) is 0 Å². The molecule has 62 heavy (non-hydrogen) atoms. The van der Waals surface area contributed by atoms with Crippen LogP contribution < -0.4 is 16.4 Å². The Hall–Kier alpha value is -2.77. The summed E-state index contributed by atoms with van der Waals surface area (Å²) in [5, 5.41) is 26.5. The molecule has 1 saturated heterocycles. The van der Waals surface area contributed by atoms with Gasteiger partial charge in [-0.3, -0.25) is 32.5 Å². The predicted molar refractivity (Wildman–Crippen MR) is 219 cm³/mol. The van der Waals surface area contributed by atoms with Crippen molar-refractivity contribution in [2.75, 3.05) is 37.8 Å². The summed E-state index contributed by atoms with van der Waals surface area (Å²) >= 11 is 1.12. The Bertz CT molecular complexity index is 1940. The summed E-state index contributed by atoms with van der Waals surface area (Å²) in [5.41, 5.74) is 4.26. The van der Waals surface area contributed by atoms with Crippen molar-refractivity contribution < 1.29 is 85.3 Å². The first-order valence-electron chi connectivity index (χ1n) is 19.5. The highest BCUT2D eigenvalue weighted by atomic mass is 32.2. The molecule has 25 nitrogen and oxygen atoms in total. The van der Waals surface area contributed by atoms with Crippen molar-refractivity contribution in [1.82, 2.24) is 30.2 Å². The Morgan fingerprint density at radius 2 is 1.60 bits per heavy atom. The monoisotopic (exact) mass is 963 g/mol. The van der Waals surface area contributed by atoms with E-state index >= 15 is 0 Å². The molecule has 1 aliphatic heterocycles. The molecule has 1 aliphatic rings. The number of nitrogens with two attached hydrogens (primary N) is 1. The zero-order valence-electron chi connectivity index (χ0n) is 34.1. The van der Waals surface area contributed by atoms with Gasteiger partial charge in [-0.05, 0) is 12.8 Å². The van der Waals surface area contributed by atoms with Crippen molar-refractivity contribution in [1.29, 1.82) is 0 Å². The number of phosphoric ester groups is 3. The largest absolute Gasteiger partial charge is 0.481 e. The number of ether oxygens (including phenoxy) is 1. The molecule has 2 aromatic rings. The molecule has 2 aromatic heterocycles. The highest BCUT2D eigenvalue weighted by molar-refractivity contribution is 8.13. The van der Waals surface area contributed by atoms with Gasteiger partial charge in [0.2, 0.25) is 11.8 Å². The minimum Gasteiger partial charge on any atom is -0.386 e. The van der Waals surface area contributed by atoms with E-state index < -0.39 is 84.6 Å². The van der Waals surface area contributed by atoms with Gasteiger partial charge in [-0.15, -0.1) is 0 Å². The van der Waals surface area contributed by atoms with E-state index in [0.29, 0.717) is 18.6 Å². The van der Waals surface area contributed by atoms with Gasteiger partial charge in [0, 0.05) is 43.5 Å². The fourth-order valence-corrected chi connectivity index (χ4v) is 9.47. The molecular formula is C33H56N7O18P3S. The molecule has 2 amide bonds. The van der Waals surface area contributed by atoms with Crippen molar-refractivity contribution in [3.63, 3.8) is 0 Å². The number of hydrogen-bond acceptors (Lipinski definition) is 19. The van der Waals surface area contributed by atoms with Crippen LogP contribution in [0.1, 0.15) is 90.7 Å². The van der Waals surface area contributed by atoms with Gasteiger partial charge in [0.15, 0.2) is 22.8 Å². The summed E-state index contributed by atoms with van der Waals surface area (Å²) < 4.78 is 62.3. The second-order valence-electron chi connectivity index (χ2n) is 14.8. The van der Waals surface area contributed by atoms with E-state index in [4.69, 9.17) is 19.5 Å². The van der Waals surface area contributed by atoms with E-state index in [1.165, 1.54) is 13.8 Å². The molecule has 352 valence electrons. The first-order valence-corrected chi connectivity index (χ1v) is 25.0. The number of fused-ring (bicyclic) bond motifs is 1. The first-order chi connectivity index (χ1) is 29.1. The molecule has 0 saturated carbocycles. The third kappa shape index (κ3) is 18.4. The number of aliphatic hydroxyl groups is 2. The Morgan fingerprint density at radius 1 is 0.952 bits per heavy atom. The third-order valence-electron chi connectivity index (χ3n) is 9.22. The number of unbranched alkanes of at least 4 members (excludes halogenated alkanes) is 8. The van der Waals surface area contributed by atoms with Crippen molar-refractivity contribution >= 4 is 75.4 Å². The summed E-state index contributed by atoms with van der Waals surface area (Å²) in [5.74, 6) is -1.08. The lowest BCUT2D eigenvalue weighted by Crippen LogP contribution is -2.46. The van der Waals surface area contributed by atoms with E-state index in [-0.39, 0.29) is 41.6 Å². The number of anilines is 1. The zero-order valence-corrected chi connectivity index (χ0v) is 37.6. The minimum atomic E-state index is -5.58. The second-order valence-corrected chi connectivity index (χ2v) is 20.2. The standard InChI is InChI=1S/C33H56N7O18P3S/c1-33(2,28(45)31(46)36-14-13-23(42)35-15-17-62-24(43)12-10-8-6-4-3-5-7-9-11-16-41)19-55-61(52,53)58-60(50,51)54-18-22-27(57-59(47,48)49)26(44)32(56-22)40-21-39-25-29(34)37-20-38-30(25)40/h16,20-22,26-28,32,44-45H,3-15,17-19H2,1-2H3,(H,35,42)(H,36,46)(H,50,51)(H,52,53)(H2,34,37,38)(H2,47,48,49)/t22-,26-,27-,28+,32-/m1/s1. The number of carbonyl (C=O) groups excluding carboxylic acids is 4. The summed E-state index contributed by atoms with van der Waals surface area (Å²) in [7, 11) is -16.4. The molecule has 10 N–H and O–H groups in total. The van der Waals surface area contributed by atoms with Crippen LogP contribution in [0.4, 0.5) is 5.82 Å². The maximum atomic E-state index is 12.7. The van der Waals surface area contributed by atoms with E-state index in [1.807, 2.05) is 0 Å². The number of aliphatic hydroxyl groups excluding tert-OH is 2. The second kappa shape index (κ2) is 25.1. The molecule has 3 heterocycles. The number of nitrogen functional groups attached to an aromatic ring is 1. The highest BCUT2D eigenvalue weighted by Crippen LogP contribution is 2.61. The number of nitrogens with zero attached hydrogens (tertiary/aromatic N) is 4. The number of nitrogens with one attached hydrogen (secondary N) is 2. The maximum Gasteiger partial charge on any atom is 0.481 e. The molecular weight excluding hydrogens is 907 g/mol. The van der Waals surface area contributed by atoms with Gasteiger partial charge in [0.05, 0.1) is 19.5 Å². The molecule has 7 atom stereocenters. The molecule has 0 aliphatic carbocycles. The van der Waals surface area contributed by atoms with Crippen molar-refractivity contribution in [2.45, 2.75) is 115 Å². The number of amides is 2. The number of hydrogen-bond donors (Lipinski definition) is 9. The Balaban J connectivity index is 1.37. The summed E-state index contributed by atoms with van der Waals surface area (Å²) in [4.78, 5) is 98.3. The van der Waals surface area contributed by atoms with Crippen LogP contribution in [0.3, 0.4) is 0 Å². The third-order valence-corrected chi connectivity index (χ3v) is 13.3. The summed E-state index contributed by atoms with van der Waals surface area (Å²) in [6.45, 7) is 0.509. The number of rotatable bonds is 30. The van der Waals surface area contributed by atoms with Gasteiger partial charge in [-0.1, -0.05) is 64.1 Å². The van der Waals surface area contributed by atoms with Crippen LogP contribution in [-0.2, 0) is 55.5 Å². The quantitative estimate of drug-likeness (QED) is 0.0306. The first kappa shape index (κ1) is 53.6. The number of aromatic nitrogens is 4. The highest BCUT2D eigenvalue weighted by Gasteiger charge is 2.50. The van der Waals surface area contributed by atoms with E-state index in [2.05, 4.69) is 34.4 Å². The lowest BCUT2D eigenvalue weighted by Gasteiger charge is -2.30. The SMILES string of the molecule is CC(C)(COP(=O)(O)OP(=O)(O)OC[C@H]1O[C@@H](n2cnc3c(N)ncnc32)[C@H](O)[C@@H]1OP(=O)(O)O)[C@@H](O)C(=O)NCCC(=O)NCCSC(=O)CCCCCCCCCCC=O. The number of aldehydes is 1. The van der Waals surface area contributed by atoms with Gasteiger partial charge < -0.3 is 55.7 Å². The molecule has 0 radical (unpaired) electrons. The van der Waals surface area contributed by atoms with E-state index in [0.717, 1.165) is 86.6 Å². The average molecular weight is 964 g/mol. The van der Waals surface area contributed by atoms with E-state index in [9.17, 15) is 62.7 Å². The average Bonchev–Trinajstić information content (AvgIpc) is 3.75. The molecule has 29 heteroatoms. The van der Waals surface area contributed by atoms with Crippen LogP contribution in [-0.4, -0.2) is 129 Å². The van der Waals surface area contributed by atoms with Gasteiger partial charge in [-0.25, -0.2) is 28.6 Å². The van der Waals surface area contributed by atoms with E-state index in [1.54, 1.807) is 0 Å². The lowest BCUT2D eigenvalue weighted by molar-refractivity contribution is -0.137. The zero-order chi connectivity index (χ0) is 46.1. The Kier molecular flexibility index (Phi) is 21.7. The molecule has 0 spiro atoms. The number of carbonyl (C=O) groups is 4. The molecule has 3 rings (SSSR count). The molecule has 2 unspecified atom stereocenters. The van der Waals surface area contributed by atoms with Crippen LogP contribution in [0, 0.1) is 5.41 Å². The number of imidazole rings is 1. The van der Waals surface area contributed by atoms with Gasteiger partial charge >= 0.3 is 23.5 Å². The van der Waals surface area contributed by atoms with Crippen LogP contribution in [0.15, 0.2) is 12.7 Å². The Labute approximate surface area is 361 Å². The van der Waals surface area contributed by atoms with Gasteiger partial charge in [-0.2, -0.15) is 4.31 Å². The van der Waals surface area contributed by atoms with Crippen LogP contribution in [0.2, 0.25) is 0 Å². The fourth-order valence-electron chi connectivity index (χ4n) is 5.92. The van der Waals surface area contributed by atoms with Crippen molar-refractivity contribution in [3.05, 3.63) is 12.7 Å². The normalized spacial score (nSPS) is 20.6. The van der Waals surface area contributed by atoms with Crippen LogP contribution in [0.5, 0.6) is 0 Å². The molecule has 0 bridgehead atoms. The van der Waals surface area contributed by atoms with Crippen molar-refractivity contribution in [2.24, 2.45) is 5.41 Å². The molecule has 0 aromatic carbocycles. The number of thioether (sulfide) groups is 1. The van der Waals surface area contributed by atoms with Crippen LogP contribution >= 0.6 is 35.2 Å². The summed E-state index contributed by atoms with van der Waals surface area (Å²) in [6.07, 6.45) is 3.17. The lowest BCUT2D eigenvalue weighted by atomic mass is 9.87. The minimum absolute atomic E-state index is 0.0291. The van der Waals surface area contributed by atoms with Crippen LogP contribution in [0.25, 0.3) is 11.2 Å². The van der Waals surface area contributed by atoms with Gasteiger partial charge in [0.25, 0.3) is 0 Å². The number of phosphoric acid groups is 3. The molecule has 1 fully saturated rings. The topological polar surface area (TPSA) is 381 Å². The fraction of sp³-hybridized carbons (Fsp3) is 0.727. The smallest absolute Gasteiger partial charge is 0.386 e. The summed E-state index contributed by atoms with van der Waals surface area (Å²) in [6, 6.07) is 0. The Morgan fingerprint density at radius 3 is 2.26 bits per heavy atom. The predicted octanol–water partition coefficient (Wildman–Crippen LogP) is 1.76. The van der Waals surface area contributed by atoms with Gasteiger partial charge in [0.1, 0.15) is 42.5 Å².